The molecule has 2 aromatic rings. The van der Waals surface area contributed by atoms with Gasteiger partial charge in [0.1, 0.15) is 6.10 Å². The molecule has 0 heterocycles. The third kappa shape index (κ3) is 5.57. The van der Waals surface area contributed by atoms with Gasteiger partial charge in [-0.15, -0.1) is 6.58 Å². The summed E-state index contributed by atoms with van der Waals surface area (Å²) in [5.41, 5.74) is 1.12. The fraction of sp³-hybridized carbons (Fsp3) is 0.286. The van der Waals surface area contributed by atoms with Crippen LogP contribution in [0.2, 0.25) is 0 Å². The van der Waals surface area contributed by atoms with E-state index in [4.69, 9.17) is 14.2 Å². The lowest BCUT2D eigenvalue weighted by molar-refractivity contribution is -0.384. The van der Waals surface area contributed by atoms with Crippen molar-refractivity contribution in [1.29, 1.82) is 0 Å². The van der Waals surface area contributed by atoms with Crippen LogP contribution in [-0.4, -0.2) is 31.2 Å². The van der Waals surface area contributed by atoms with Gasteiger partial charge in [-0.05, 0) is 42.7 Å². The number of hydrogen-bond donors (Lipinski definition) is 0. The number of allylic oxidation sites excluding steroid dienone is 1. The van der Waals surface area contributed by atoms with Gasteiger partial charge < -0.3 is 14.2 Å². The van der Waals surface area contributed by atoms with Crippen LogP contribution in [-0.2, 0) is 11.2 Å². The molecule has 0 saturated carbocycles. The van der Waals surface area contributed by atoms with Crippen molar-refractivity contribution >= 4 is 11.7 Å². The van der Waals surface area contributed by atoms with E-state index in [1.807, 2.05) is 12.1 Å². The SMILES string of the molecule is C=CCC[C@H](Cc1ccc(OC)c(OC)c1)OC(=O)c1ccc([N+](=O)[O-])cc1. The third-order valence-electron chi connectivity index (χ3n) is 4.19. The smallest absolute Gasteiger partial charge is 0.338 e. The van der Waals surface area contributed by atoms with Crippen LogP contribution in [0.3, 0.4) is 0 Å². The Labute approximate surface area is 163 Å². The van der Waals surface area contributed by atoms with Crippen molar-refractivity contribution in [3.8, 4) is 11.5 Å². The van der Waals surface area contributed by atoms with Crippen LogP contribution in [0.5, 0.6) is 11.5 Å². The largest absolute Gasteiger partial charge is 0.493 e. The van der Waals surface area contributed by atoms with Crippen LogP contribution in [0.15, 0.2) is 55.1 Å². The normalized spacial score (nSPS) is 11.4. The van der Waals surface area contributed by atoms with Crippen LogP contribution >= 0.6 is 0 Å². The van der Waals surface area contributed by atoms with Crippen LogP contribution < -0.4 is 9.47 Å². The van der Waals surface area contributed by atoms with E-state index in [0.717, 1.165) is 5.56 Å². The molecule has 0 bridgehead atoms. The zero-order valence-corrected chi connectivity index (χ0v) is 15.9. The molecule has 0 fully saturated rings. The number of carbonyl (C=O) groups excluding carboxylic acids is 1. The van der Waals surface area contributed by atoms with Crippen molar-refractivity contribution in [2.45, 2.75) is 25.4 Å². The van der Waals surface area contributed by atoms with Crippen LogP contribution in [0.1, 0.15) is 28.8 Å². The van der Waals surface area contributed by atoms with Crippen molar-refractivity contribution in [3.63, 3.8) is 0 Å². The minimum Gasteiger partial charge on any atom is -0.493 e. The van der Waals surface area contributed by atoms with Gasteiger partial charge in [0, 0.05) is 18.6 Å². The molecule has 0 N–H and O–H groups in total. The monoisotopic (exact) mass is 385 g/mol. The molecule has 0 saturated heterocycles. The molecular formula is C21H23NO6. The minimum absolute atomic E-state index is 0.0786. The molecule has 0 spiro atoms. The molecule has 0 unspecified atom stereocenters. The molecule has 0 amide bonds. The van der Waals surface area contributed by atoms with E-state index in [1.54, 1.807) is 26.4 Å². The zero-order valence-electron chi connectivity index (χ0n) is 15.9. The third-order valence-corrected chi connectivity index (χ3v) is 4.19. The summed E-state index contributed by atoms with van der Waals surface area (Å²) in [4.78, 5) is 22.7. The highest BCUT2D eigenvalue weighted by Gasteiger charge is 2.18. The first kappa shape index (κ1) is 21.0. The summed E-state index contributed by atoms with van der Waals surface area (Å²) in [6.07, 6.45) is 3.18. The molecule has 148 valence electrons. The van der Waals surface area contributed by atoms with E-state index in [1.165, 1.54) is 24.3 Å². The lowest BCUT2D eigenvalue weighted by Crippen LogP contribution is -2.21. The summed E-state index contributed by atoms with van der Waals surface area (Å²) in [7, 11) is 3.13. The second-order valence-corrected chi connectivity index (χ2v) is 6.09. The topological polar surface area (TPSA) is 87.9 Å². The number of hydrogen-bond acceptors (Lipinski definition) is 6. The Morgan fingerprint density at radius 3 is 2.39 bits per heavy atom. The predicted octanol–water partition coefficient (Wildman–Crippen LogP) is 4.35. The predicted molar refractivity (Wildman–Crippen MR) is 105 cm³/mol. The van der Waals surface area contributed by atoms with Gasteiger partial charge in [0.15, 0.2) is 11.5 Å². The van der Waals surface area contributed by atoms with Gasteiger partial charge >= 0.3 is 5.97 Å². The Bertz CT molecular complexity index is 831. The molecule has 0 aliphatic heterocycles. The van der Waals surface area contributed by atoms with Gasteiger partial charge in [-0.1, -0.05) is 12.1 Å². The lowest BCUT2D eigenvalue weighted by atomic mass is 10.0. The molecule has 0 aliphatic rings. The van der Waals surface area contributed by atoms with Gasteiger partial charge in [0.25, 0.3) is 5.69 Å². The molecule has 0 aromatic heterocycles. The second kappa shape index (κ2) is 10.1. The molecule has 0 radical (unpaired) electrons. The maximum atomic E-state index is 12.5. The standard InChI is InChI=1S/C21H23NO6/c1-4-5-6-18(13-15-7-12-19(26-2)20(14-15)27-3)28-21(23)16-8-10-17(11-9-16)22(24)25/h4,7-12,14,18H,1,5-6,13H2,2-3H3/t18-/m1/s1. The number of nitro benzene ring substituents is 1. The molecule has 1 atom stereocenters. The van der Waals surface area contributed by atoms with Gasteiger partial charge in [0.05, 0.1) is 24.7 Å². The maximum absolute atomic E-state index is 12.5. The number of methoxy groups -OCH3 is 2. The van der Waals surface area contributed by atoms with Crippen molar-refractivity contribution in [1.82, 2.24) is 0 Å². The van der Waals surface area contributed by atoms with E-state index in [-0.39, 0.29) is 17.4 Å². The highest BCUT2D eigenvalue weighted by Crippen LogP contribution is 2.28. The Morgan fingerprint density at radius 2 is 1.82 bits per heavy atom. The molecule has 7 heteroatoms. The number of esters is 1. The quantitative estimate of drug-likeness (QED) is 0.262. The molecule has 7 nitrogen and oxygen atoms in total. The summed E-state index contributed by atoms with van der Waals surface area (Å²) < 4.78 is 16.2. The van der Waals surface area contributed by atoms with Gasteiger partial charge in [-0.2, -0.15) is 0 Å². The first-order valence-electron chi connectivity index (χ1n) is 8.75. The van der Waals surface area contributed by atoms with E-state index >= 15 is 0 Å². The van der Waals surface area contributed by atoms with Crippen molar-refractivity contribution in [2.24, 2.45) is 0 Å². The Balaban J connectivity index is 2.13. The van der Waals surface area contributed by atoms with Crippen LogP contribution in [0.25, 0.3) is 0 Å². The van der Waals surface area contributed by atoms with Crippen LogP contribution in [0.4, 0.5) is 5.69 Å². The minimum atomic E-state index is -0.524. The average molecular weight is 385 g/mol. The number of nitrogens with zero attached hydrogens (tertiary/aromatic N) is 1. The summed E-state index contributed by atoms with van der Waals surface area (Å²) in [6, 6.07) is 10.9. The first-order chi connectivity index (χ1) is 13.5. The fourth-order valence-electron chi connectivity index (χ4n) is 2.72. The van der Waals surface area contributed by atoms with Crippen LogP contribution in [0, 0.1) is 10.1 Å². The molecule has 2 aromatic carbocycles. The van der Waals surface area contributed by atoms with Gasteiger partial charge in [0.2, 0.25) is 0 Å². The number of nitro groups is 1. The number of non-ortho nitro benzene ring substituents is 1. The van der Waals surface area contributed by atoms with Crippen molar-refractivity contribution < 1.29 is 23.9 Å². The lowest BCUT2D eigenvalue weighted by Gasteiger charge is -2.18. The summed E-state index contributed by atoms with van der Waals surface area (Å²) in [5, 5.41) is 10.7. The summed E-state index contributed by atoms with van der Waals surface area (Å²) in [5.74, 6) is 0.699. The summed E-state index contributed by atoms with van der Waals surface area (Å²) >= 11 is 0. The Morgan fingerprint density at radius 1 is 1.14 bits per heavy atom. The number of benzene rings is 2. The number of ether oxygens (including phenoxy) is 3. The van der Waals surface area contributed by atoms with Gasteiger partial charge in [-0.25, -0.2) is 4.79 Å². The number of rotatable bonds is 10. The maximum Gasteiger partial charge on any atom is 0.338 e. The van der Waals surface area contributed by atoms with Crippen molar-refractivity contribution in [2.75, 3.05) is 14.2 Å². The molecular weight excluding hydrogens is 362 g/mol. The Hall–Kier alpha value is -3.35. The van der Waals surface area contributed by atoms with E-state index in [2.05, 4.69) is 6.58 Å². The highest BCUT2D eigenvalue weighted by molar-refractivity contribution is 5.89. The van der Waals surface area contributed by atoms with E-state index in [9.17, 15) is 14.9 Å². The first-order valence-corrected chi connectivity index (χ1v) is 8.75. The summed E-state index contributed by atoms with van der Waals surface area (Å²) in [6.45, 7) is 3.71. The van der Waals surface area contributed by atoms with Crippen molar-refractivity contribution in [3.05, 3.63) is 76.4 Å². The fourth-order valence-corrected chi connectivity index (χ4v) is 2.72. The average Bonchev–Trinajstić information content (AvgIpc) is 2.71. The van der Waals surface area contributed by atoms with E-state index < -0.39 is 10.9 Å². The molecule has 2 rings (SSSR count). The number of carbonyl (C=O) groups is 1. The molecule has 28 heavy (non-hydrogen) atoms. The zero-order chi connectivity index (χ0) is 20.5. The highest BCUT2D eigenvalue weighted by atomic mass is 16.6. The Kier molecular flexibility index (Phi) is 7.56. The van der Waals surface area contributed by atoms with Gasteiger partial charge in [-0.3, -0.25) is 10.1 Å². The molecule has 0 aliphatic carbocycles. The second-order valence-electron chi connectivity index (χ2n) is 6.09. The van der Waals surface area contributed by atoms with E-state index in [0.29, 0.717) is 30.8 Å².